The zero-order chi connectivity index (χ0) is 19.5. The third-order valence-electron chi connectivity index (χ3n) is 5.79. The van der Waals surface area contributed by atoms with Crippen LogP contribution in [0.2, 0.25) is 0 Å². The monoisotopic (exact) mass is 369 g/mol. The molecule has 4 rings (SSSR count). The second-order valence-electron chi connectivity index (χ2n) is 7.94. The lowest BCUT2D eigenvalue weighted by atomic mass is 9.87. The molecule has 1 fully saturated rings. The van der Waals surface area contributed by atoms with Crippen molar-refractivity contribution in [3.8, 4) is 0 Å². The molecule has 2 aliphatic heterocycles. The minimum atomic E-state index is -1.20. The summed E-state index contributed by atoms with van der Waals surface area (Å²) >= 11 is 0. The number of aromatic nitrogens is 1. The first kappa shape index (κ1) is 17.6. The molecule has 3 heterocycles. The van der Waals surface area contributed by atoms with Gasteiger partial charge < -0.3 is 15.0 Å². The maximum atomic E-state index is 13.4. The van der Waals surface area contributed by atoms with Crippen LogP contribution in [0.15, 0.2) is 24.3 Å². The third-order valence-corrected chi connectivity index (χ3v) is 5.79. The van der Waals surface area contributed by atoms with E-state index in [-0.39, 0.29) is 12.3 Å². The summed E-state index contributed by atoms with van der Waals surface area (Å²) in [4.78, 5) is 44.1. The van der Waals surface area contributed by atoms with E-state index in [2.05, 4.69) is 4.98 Å². The van der Waals surface area contributed by atoms with E-state index >= 15 is 0 Å². The van der Waals surface area contributed by atoms with E-state index in [1.54, 1.807) is 6.92 Å². The fourth-order valence-corrected chi connectivity index (χ4v) is 4.46. The van der Waals surface area contributed by atoms with Crippen molar-refractivity contribution in [1.29, 1.82) is 0 Å². The summed E-state index contributed by atoms with van der Waals surface area (Å²) < 4.78 is 0. The predicted molar refractivity (Wildman–Crippen MR) is 99.2 cm³/mol. The van der Waals surface area contributed by atoms with E-state index in [9.17, 15) is 19.5 Å². The fourth-order valence-electron chi connectivity index (χ4n) is 4.46. The largest absolute Gasteiger partial charge is 0.480 e. The second kappa shape index (κ2) is 5.84. The number of nitrogens with zero attached hydrogens (tertiary/aromatic N) is 2. The standard InChI is InChI=1S/C20H23N3O4/c1-11(2)10-15(17(24)25)23-18(26)20(3)16-13(8-9-22(20)19(23)27)12-6-4-5-7-14(12)21-16/h4-7,11,15,21H,8-10H2,1-3H3,(H,24,25)/t15-,20-/m1/s1. The van der Waals surface area contributed by atoms with Crippen molar-refractivity contribution < 1.29 is 19.5 Å². The first-order valence-corrected chi connectivity index (χ1v) is 9.25. The first-order valence-electron chi connectivity index (χ1n) is 9.25. The van der Waals surface area contributed by atoms with Crippen LogP contribution >= 0.6 is 0 Å². The summed E-state index contributed by atoms with van der Waals surface area (Å²) in [6.45, 7) is 5.87. The molecule has 7 heteroatoms. The highest BCUT2D eigenvalue weighted by Gasteiger charge is 2.60. The second-order valence-corrected chi connectivity index (χ2v) is 7.94. The number of carboxylic acids is 1. The van der Waals surface area contributed by atoms with Crippen LogP contribution in [-0.2, 0) is 21.5 Å². The third kappa shape index (κ3) is 2.30. The summed E-state index contributed by atoms with van der Waals surface area (Å²) in [6, 6.07) is 6.14. The highest BCUT2D eigenvalue weighted by atomic mass is 16.4. The predicted octanol–water partition coefficient (Wildman–Crippen LogP) is 2.70. The van der Waals surface area contributed by atoms with Crippen molar-refractivity contribution in [3.63, 3.8) is 0 Å². The molecule has 1 saturated heterocycles. The lowest BCUT2D eigenvalue weighted by molar-refractivity contribution is -0.148. The summed E-state index contributed by atoms with van der Waals surface area (Å²) in [5.74, 6) is -1.57. The average molecular weight is 369 g/mol. The number of aromatic amines is 1. The summed E-state index contributed by atoms with van der Waals surface area (Å²) in [6.07, 6.45) is 0.861. The Morgan fingerprint density at radius 1 is 1.30 bits per heavy atom. The molecular weight excluding hydrogens is 346 g/mol. The number of nitrogens with one attached hydrogen (secondary N) is 1. The maximum Gasteiger partial charge on any atom is 0.328 e. The van der Waals surface area contributed by atoms with Gasteiger partial charge in [0.05, 0.1) is 5.69 Å². The van der Waals surface area contributed by atoms with Crippen molar-refractivity contribution in [2.24, 2.45) is 5.92 Å². The number of carboxylic acid groups (broad SMARTS) is 1. The number of hydrogen-bond acceptors (Lipinski definition) is 3. The number of H-pyrrole nitrogens is 1. The Morgan fingerprint density at radius 2 is 2.00 bits per heavy atom. The van der Waals surface area contributed by atoms with Crippen LogP contribution in [0, 0.1) is 5.92 Å². The van der Waals surface area contributed by atoms with Crippen LogP contribution in [0.1, 0.15) is 38.4 Å². The van der Waals surface area contributed by atoms with Crippen molar-refractivity contribution in [2.75, 3.05) is 6.54 Å². The van der Waals surface area contributed by atoms with Gasteiger partial charge in [-0.25, -0.2) is 14.5 Å². The van der Waals surface area contributed by atoms with Gasteiger partial charge >= 0.3 is 12.0 Å². The average Bonchev–Trinajstić information content (AvgIpc) is 3.08. The van der Waals surface area contributed by atoms with E-state index < -0.39 is 29.5 Å². The van der Waals surface area contributed by atoms with Crippen LogP contribution in [0.4, 0.5) is 4.79 Å². The number of imide groups is 1. The van der Waals surface area contributed by atoms with Gasteiger partial charge in [-0.15, -0.1) is 0 Å². The van der Waals surface area contributed by atoms with Gasteiger partial charge in [0.2, 0.25) is 0 Å². The van der Waals surface area contributed by atoms with Crippen molar-refractivity contribution in [2.45, 2.75) is 45.2 Å². The maximum absolute atomic E-state index is 13.4. The number of carbonyl (C=O) groups is 3. The Hall–Kier alpha value is -2.83. The Balaban J connectivity index is 1.84. The lowest BCUT2D eigenvalue weighted by Gasteiger charge is -2.36. The van der Waals surface area contributed by atoms with Gasteiger partial charge in [-0.2, -0.15) is 0 Å². The molecule has 1 aromatic heterocycles. The van der Waals surface area contributed by atoms with Crippen LogP contribution in [-0.4, -0.2) is 50.4 Å². The quantitative estimate of drug-likeness (QED) is 0.810. The number of fused-ring (bicyclic) bond motifs is 5. The SMILES string of the molecule is CC(C)C[C@H](C(=O)O)N1C(=O)N2CCc3c([nH]c4ccccc34)[C@]2(C)C1=O. The number of hydrogen-bond donors (Lipinski definition) is 2. The topological polar surface area (TPSA) is 93.7 Å². The molecule has 0 spiro atoms. The number of urea groups is 1. The van der Waals surface area contributed by atoms with Gasteiger partial charge in [0.1, 0.15) is 6.04 Å². The Kier molecular flexibility index (Phi) is 3.80. The van der Waals surface area contributed by atoms with Gasteiger partial charge in [0, 0.05) is 17.4 Å². The van der Waals surface area contributed by atoms with Crippen molar-refractivity contribution in [1.82, 2.24) is 14.8 Å². The Morgan fingerprint density at radius 3 is 2.67 bits per heavy atom. The zero-order valence-corrected chi connectivity index (χ0v) is 15.7. The number of benzene rings is 1. The lowest BCUT2D eigenvalue weighted by Crippen LogP contribution is -2.49. The van der Waals surface area contributed by atoms with Crippen molar-refractivity contribution >= 4 is 28.8 Å². The molecule has 0 bridgehead atoms. The van der Waals surface area contributed by atoms with Gasteiger partial charge in [-0.05, 0) is 37.3 Å². The van der Waals surface area contributed by atoms with Gasteiger partial charge in [-0.3, -0.25) is 4.79 Å². The zero-order valence-electron chi connectivity index (χ0n) is 15.7. The summed E-state index contributed by atoms with van der Waals surface area (Å²) in [5, 5.41) is 10.7. The molecule has 0 unspecified atom stereocenters. The van der Waals surface area contributed by atoms with E-state index in [1.165, 1.54) is 4.90 Å². The minimum absolute atomic E-state index is 0.0424. The van der Waals surface area contributed by atoms with E-state index in [4.69, 9.17) is 0 Å². The van der Waals surface area contributed by atoms with Gasteiger partial charge in [-0.1, -0.05) is 32.0 Å². The van der Waals surface area contributed by atoms with Crippen LogP contribution in [0.5, 0.6) is 0 Å². The molecule has 27 heavy (non-hydrogen) atoms. The minimum Gasteiger partial charge on any atom is -0.480 e. The smallest absolute Gasteiger partial charge is 0.328 e. The molecule has 2 atom stereocenters. The summed E-state index contributed by atoms with van der Waals surface area (Å²) in [7, 11) is 0. The highest BCUT2D eigenvalue weighted by molar-refractivity contribution is 6.10. The van der Waals surface area contributed by atoms with Crippen molar-refractivity contribution in [3.05, 3.63) is 35.5 Å². The molecule has 142 valence electrons. The Labute approximate surface area is 156 Å². The van der Waals surface area contributed by atoms with E-state index in [0.717, 1.165) is 21.4 Å². The molecule has 2 aromatic rings. The number of amides is 3. The molecule has 1 aromatic carbocycles. The molecule has 0 radical (unpaired) electrons. The Bertz CT molecular complexity index is 963. The number of rotatable bonds is 4. The molecule has 7 nitrogen and oxygen atoms in total. The normalized spacial score (nSPS) is 23.1. The molecular formula is C20H23N3O4. The van der Waals surface area contributed by atoms with Crippen LogP contribution in [0.3, 0.4) is 0 Å². The summed E-state index contributed by atoms with van der Waals surface area (Å²) in [5.41, 5.74) is 1.45. The molecule has 2 N–H and O–H groups in total. The van der Waals surface area contributed by atoms with Crippen LogP contribution < -0.4 is 0 Å². The highest BCUT2D eigenvalue weighted by Crippen LogP contribution is 2.44. The molecule has 3 amide bonds. The van der Waals surface area contributed by atoms with E-state index in [1.807, 2.05) is 38.1 Å². The number of aliphatic carboxylic acids is 1. The van der Waals surface area contributed by atoms with Gasteiger partial charge in [0.15, 0.2) is 5.54 Å². The molecule has 0 saturated carbocycles. The molecule has 2 aliphatic rings. The number of para-hydroxylation sites is 1. The van der Waals surface area contributed by atoms with Gasteiger partial charge in [0.25, 0.3) is 5.91 Å². The molecule has 0 aliphatic carbocycles. The fraction of sp³-hybridized carbons (Fsp3) is 0.450. The first-order chi connectivity index (χ1) is 12.8. The number of carbonyl (C=O) groups excluding carboxylic acids is 2. The van der Waals surface area contributed by atoms with Crippen LogP contribution in [0.25, 0.3) is 10.9 Å². The van der Waals surface area contributed by atoms with E-state index in [0.29, 0.717) is 18.7 Å².